The highest BCUT2D eigenvalue weighted by atomic mass is 16.5. The fraction of sp³-hybridized carbons (Fsp3) is 1.00. The zero-order chi connectivity index (χ0) is 30.3. The Morgan fingerprint density at radius 3 is 0.743 bits per heavy atom. The van der Waals surface area contributed by atoms with E-state index in [0.717, 1.165) is 0 Å². The van der Waals surface area contributed by atoms with Crippen molar-refractivity contribution in [2.24, 2.45) is 10.8 Å². The summed E-state index contributed by atoms with van der Waals surface area (Å²) in [4.78, 5) is 0. The molecule has 212 valence electrons. The van der Waals surface area contributed by atoms with Crippen LogP contribution in [0, 0.1) is 10.8 Å². The van der Waals surface area contributed by atoms with Crippen molar-refractivity contribution in [3.63, 3.8) is 0 Å². The topological polar surface area (TPSA) is 186 Å². The van der Waals surface area contributed by atoms with E-state index in [-0.39, 0.29) is 132 Å². The van der Waals surface area contributed by atoms with E-state index in [0.29, 0.717) is 0 Å². The van der Waals surface area contributed by atoms with Crippen LogP contribution in [0.3, 0.4) is 0 Å². The maximum absolute atomic E-state index is 6.87. The second-order valence-corrected chi connectivity index (χ2v) is 8.03. The molecule has 35 heavy (non-hydrogen) atoms. The maximum atomic E-state index is 6.87. The molecule has 0 saturated heterocycles. The Kier molecular flexibility index (Phi) is 16.9. The predicted octanol–water partition coefficient (Wildman–Crippen LogP) is -2.97. The van der Waals surface area contributed by atoms with Crippen molar-refractivity contribution in [2.75, 3.05) is 132 Å². The number of aliphatic hydroxyl groups is 6. The van der Waals surface area contributed by atoms with Crippen molar-refractivity contribution >= 4 is 0 Å². The largest absolute Gasteiger partial charge is 0.394 e. The van der Waals surface area contributed by atoms with Crippen LogP contribution >= 0.6 is 0 Å². The molecule has 6 N–H and O–H groups in total. The molecule has 0 amide bonds. The summed E-state index contributed by atoms with van der Waals surface area (Å²) in [5.74, 6) is 0. The standard InChI is InChI=1S/C22H46O13/c23-1-7-29-13-21(14-30-8-2-24,15-31-9-3-25)19-35-20-22(16-32-10-4-26,17-33-11-5-27)18-34-12-6-28/h23-28H,1-20H2/i23T,24T,25T,26T,27T,28T. The SMILES string of the molecule is [3H]OCCOCC(COCCO[3H])(COCCO[3H])COCC(COCCO[3H])(COCCO[3H])COCCO[3H]. The van der Waals surface area contributed by atoms with Gasteiger partial charge in [-0.1, -0.05) is 0 Å². The number of ether oxygens (including phenoxy) is 7. The molecule has 0 aromatic heterocycles. The fourth-order valence-electron chi connectivity index (χ4n) is 3.07. The monoisotopic (exact) mass is 530 g/mol. The molecule has 0 bridgehead atoms. The molecular formula is C22H46O13. The average molecular weight is 531 g/mol. The Labute approximate surface area is 216 Å². The minimum atomic E-state index is -0.850. The normalized spacial score (nSPS) is 14.7. The molecule has 0 fully saturated rings. The van der Waals surface area contributed by atoms with E-state index in [1.807, 2.05) is 0 Å². The van der Waals surface area contributed by atoms with E-state index in [1.165, 1.54) is 0 Å². The van der Waals surface area contributed by atoms with Crippen molar-refractivity contribution in [3.8, 4) is 0 Å². The third-order valence-corrected chi connectivity index (χ3v) is 4.63. The molecule has 0 aromatic carbocycles. The van der Waals surface area contributed by atoms with Gasteiger partial charge in [0.05, 0.1) is 143 Å². The van der Waals surface area contributed by atoms with Crippen LogP contribution in [-0.2, 0) is 33.2 Å². The first-order valence-corrected chi connectivity index (χ1v) is 11.6. The number of aliphatic hydroxyl groups excluding tert-OH is 6. The summed E-state index contributed by atoms with van der Waals surface area (Å²) in [6.07, 6.45) is 0. The molecule has 0 aromatic rings. The lowest BCUT2D eigenvalue weighted by Gasteiger charge is -2.36. The van der Waals surface area contributed by atoms with Crippen LogP contribution in [0.15, 0.2) is 0 Å². The van der Waals surface area contributed by atoms with E-state index >= 15 is 0 Å². The molecule has 0 spiro atoms. The van der Waals surface area contributed by atoms with E-state index in [2.05, 4.69) is 30.7 Å². The van der Waals surface area contributed by atoms with Crippen LogP contribution < -0.4 is 0 Å². The van der Waals surface area contributed by atoms with Crippen molar-refractivity contribution in [1.29, 1.82) is 8.59 Å². The van der Waals surface area contributed by atoms with Crippen LogP contribution in [-0.4, -0.2) is 171 Å². The Hall–Kier alpha value is -0.520. The summed E-state index contributed by atoms with van der Waals surface area (Å²) in [6.45, 7) is 1.99. The summed E-state index contributed by atoms with van der Waals surface area (Å²) < 4.78 is 81.8. The molecule has 0 aliphatic heterocycles. The van der Waals surface area contributed by atoms with E-state index in [4.69, 9.17) is 41.7 Å². The second-order valence-electron chi connectivity index (χ2n) is 8.03. The smallest absolute Gasteiger partial charge is 0.210 e. The van der Waals surface area contributed by atoms with Gasteiger partial charge in [0.2, 0.25) is 8.59 Å². The lowest BCUT2D eigenvalue weighted by molar-refractivity contribution is -0.147. The average Bonchev–Trinajstić information content (AvgIpc) is 2.98. The molecule has 0 unspecified atom stereocenters. The van der Waals surface area contributed by atoms with Crippen LogP contribution in [0.25, 0.3) is 0 Å². The second kappa shape index (κ2) is 23.9. The van der Waals surface area contributed by atoms with Gasteiger partial charge < -0.3 is 63.8 Å². The number of hydrogen-bond donors (Lipinski definition) is 6. The first-order valence-electron chi connectivity index (χ1n) is 14.1. The van der Waals surface area contributed by atoms with Gasteiger partial charge in [-0.05, 0) is 0 Å². The van der Waals surface area contributed by atoms with Gasteiger partial charge in [-0.2, -0.15) is 0 Å². The molecule has 0 heterocycles. The molecule has 13 heteroatoms. The first kappa shape index (κ1) is 24.8. The Morgan fingerprint density at radius 2 is 0.543 bits per heavy atom. The van der Waals surface area contributed by atoms with Crippen LogP contribution in [0.2, 0.25) is 0 Å². The Morgan fingerprint density at radius 1 is 0.343 bits per heavy atom. The van der Waals surface area contributed by atoms with E-state index in [1.54, 1.807) is 0 Å². The van der Waals surface area contributed by atoms with Crippen LogP contribution in [0.4, 0.5) is 0 Å². The van der Waals surface area contributed by atoms with Gasteiger partial charge in [0.1, 0.15) is 0 Å². The maximum Gasteiger partial charge on any atom is 0.210 e. The van der Waals surface area contributed by atoms with Crippen LogP contribution in [0.1, 0.15) is 0 Å². The zero-order valence-corrected chi connectivity index (χ0v) is 20.4. The van der Waals surface area contributed by atoms with Gasteiger partial charge in [-0.3, -0.25) is 0 Å². The Balaban J connectivity index is 5.70. The predicted molar refractivity (Wildman–Crippen MR) is 123 cm³/mol. The third kappa shape index (κ3) is 17.5. The highest BCUT2D eigenvalue weighted by Gasteiger charge is 2.36. The summed E-state index contributed by atoms with van der Waals surface area (Å²) in [5, 5.41) is 26.0. The Bertz CT molecular complexity index is 442. The van der Waals surface area contributed by atoms with Crippen LogP contribution in [0.5, 0.6) is 0 Å². The molecule has 0 atom stereocenters. The number of rotatable bonds is 34. The van der Waals surface area contributed by atoms with Crippen molar-refractivity contribution in [1.82, 2.24) is 0 Å². The molecular weight excluding hydrogens is 472 g/mol. The quantitative estimate of drug-likeness (QED) is 0.0464. The summed E-state index contributed by atoms with van der Waals surface area (Å²) in [6, 6.07) is 0. The summed E-state index contributed by atoms with van der Waals surface area (Å²) >= 11 is 0. The van der Waals surface area contributed by atoms with Gasteiger partial charge >= 0.3 is 0 Å². The van der Waals surface area contributed by atoms with Gasteiger partial charge in [0.15, 0.2) is 0 Å². The molecule has 0 rings (SSSR count). The van der Waals surface area contributed by atoms with E-state index < -0.39 is 10.8 Å². The molecule has 0 aliphatic carbocycles. The minimum Gasteiger partial charge on any atom is -0.394 e. The summed E-state index contributed by atoms with van der Waals surface area (Å²) in [5.41, 5.74) is -1.70. The molecule has 13 nitrogen and oxygen atoms in total. The minimum absolute atomic E-state index is 0.0548. The van der Waals surface area contributed by atoms with Crippen molar-refractivity contribution in [3.05, 3.63) is 0 Å². The molecule has 0 saturated carbocycles. The zero-order valence-electron chi connectivity index (χ0n) is 26.4. The first-order chi connectivity index (χ1) is 20.1. The third-order valence-electron chi connectivity index (χ3n) is 4.63. The number of hydrogen-bond acceptors (Lipinski definition) is 13. The summed E-state index contributed by atoms with van der Waals surface area (Å²) in [7, 11) is 0. The molecule has 0 radical (unpaired) electrons. The highest BCUT2D eigenvalue weighted by Crippen LogP contribution is 2.25. The lowest BCUT2D eigenvalue weighted by atomic mass is 9.90. The van der Waals surface area contributed by atoms with E-state index in [9.17, 15) is 0 Å². The highest BCUT2D eigenvalue weighted by molar-refractivity contribution is 4.83. The van der Waals surface area contributed by atoms with Crippen molar-refractivity contribution in [2.45, 2.75) is 0 Å². The molecule has 0 aliphatic rings. The van der Waals surface area contributed by atoms with Gasteiger partial charge in [0, 0.05) is 0 Å². The van der Waals surface area contributed by atoms with Gasteiger partial charge in [-0.15, -0.1) is 0 Å². The van der Waals surface area contributed by atoms with Crippen molar-refractivity contribution < 1.29 is 63.8 Å². The fourth-order valence-corrected chi connectivity index (χ4v) is 3.07. The van der Waals surface area contributed by atoms with Gasteiger partial charge in [-0.25, -0.2) is 0 Å². The lowest BCUT2D eigenvalue weighted by Crippen LogP contribution is -2.46. The van der Waals surface area contributed by atoms with Gasteiger partial charge in [0.25, 0.3) is 0 Å².